The number of esters is 4. The van der Waals surface area contributed by atoms with Gasteiger partial charge in [0.15, 0.2) is 12.2 Å². The average Bonchev–Trinajstić information content (AvgIpc) is 1.67. The molecule has 2 unspecified atom stereocenters. The van der Waals surface area contributed by atoms with Gasteiger partial charge in [0, 0.05) is 25.7 Å². The van der Waals surface area contributed by atoms with Crippen molar-refractivity contribution in [3.63, 3.8) is 0 Å². The molecule has 95 heavy (non-hydrogen) atoms. The highest BCUT2D eigenvalue weighted by atomic mass is 31.2. The van der Waals surface area contributed by atoms with E-state index in [1.165, 1.54) is 205 Å². The number of unbranched alkanes of at least 4 members (excludes halogenated alkanes) is 45. The molecule has 0 aromatic carbocycles. The molecule has 0 spiro atoms. The van der Waals surface area contributed by atoms with E-state index in [0.29, 0.717) is 25.7 Å². The molecule has 564 valence electrons. The van der Waals surface area contributed by atoms with E-state index in [-0.39, 0.29) is 25.7 Å². The van der Waals surface area contributed by atoms with Crippen molar-refractivity contribution in [1.29, 1.82) is 0 Å². The fraction of sp³-hybridized carbons (Fsp3) is 0.947. The Morgan fingerprint density at radius 2 is 0.484 bits per heavy atom. The molecule has 0 fully saturated rings. The Labute approximate surface area is 581 Å². The van der Waals surface area contributed by atoms with Crippen LogP contribution in [0.5, 0.6) is 0 Å². The number of phosphoric ester groups is 2. The number of carbonyl (C=O) groups is 4. The molecule has 0 aliphatic rings. The van der Waals surface area contributed by atoms with Gasteiger partial charge in [-0.3, -0.25) is 37.3 Å². The van der Waals surface area contributed by atoms with Crippen LogP contribution in [-0.4, -0.2) is 96.7 Å². The highest BCUT2D eigenvalue weighted by Crippen LogP contribution is 2.45. The first-order chi connectivity index (χ1) is 45.9. The van der Waals surface area contributed by atoms with Crippen LogP contribution < -0.4 is 0 Å². The summed E-state index contributed by atoms with van der Waals surface area (Å²) in [6, 6.07) is 0. The fourth-order valence-electron chi connectivity index (χ4n) is 11.7. The second-order valence-electron chi connectivity index (χ2n) is 28.3. The molecule has 0 aromatic rings. The maximum absolute atomic E-state index is 13.1. The molecule has 3 N–H and O–H groups in total. The maximum Gasteiger partial charge on any atom is 0.472 e. The number of aliphatic hydroxyl groups is 1. The Morgan fingerprint density at radius 1 is 0.284 bits per heavy atom. The van der Waals surface area contributed by atoms with Crippen molar-refractivity contribution in [2.75, 3.05) is 39.6 Å². The lowest BCUT2D eigenvalue weighted by Gasteiger charge is -2.21. The first kappa shape index (κ1) is 93.1. The number of rotatable bonds is 75. The van der Waals surface area contributed by atoms with Crippen LogP contribution in [0, 0.1) is 11.8 Å². The third-order valence-electron chi connectivity index (χ3n) is 17.7. The lowest BCUT2D eigenvalue weighted by Crippen LogP contribution is -2.30. The van der Waals surface area contributed by atoms with Crippen LogP contribution in [0.2, 0.25) is 0 Å². The molecular weight excluding hydrogens is 1250 g/mol. The molecule has 19 heteroatoms. The summed E-state index contributed by atoms with van der Waals surface area (Å²) in [6.45, 7) is 9.58. The van der Waals surface area contributed by atoms with Gasteiger partial charge in [0.05, 0.1) is 26.4 Å². The van der Waals surface area contributed by atoms with Gasteiger partial charge < -0.3 is 33.8 Å². The van der Waals surface area contributed by atoms with Crippen LogP contribution in [0.15, 0.2) is 0 Å². The number of phosphoric acid groups is 2. The smallest absolute Gasteiger partial charge is 0.462 e. The van der Waals surface area contributed by atoms with Crippen molar-refractivity contribution >= 4 is 39.5 Å². The van der Waals surface area contributed by atoms with Gasteiger partial charge in [-0.05, 0) is 37.5 Å². The Kier molecular flexibility index (Phi) is 66.5. The summed E-state index contributed by atoms with van der Waals surface area (Å²) >= 11 is 0. The van der Waals surface area contributed by atoms with Gasteiger partial charge in [-0.15, -0.1) is 0 Å². The molecule has 0 radical (unpaired) electrons. The van der Waals surface area contributed by atoms with E-state index in [1.54, 1.807) is 0 Å². The van der Waals surface area contributed by atoms with Gasteiger partial charge in [0.2, 0.25) is 0 Å². The Morgan fingerprint density at radius 3 is 0.716 bits per heavy atom. The predicted octanol–water partition coefficient (Wildman–Crippen LogP) is 22.3. The van der Waals surface area contributed by atoms with Gasteiger partial charge in [0.1, 0.15) is 19.3 Å². The quantitative estimate of drug-likeness (QED) is 0.0222. The van der Waals surface area contributed by atoms with Crippen LogP contribution in [0.25, 0.3) is 0 Å². The Hall–Kier alpha value is -1.94. The van der Waals surface area contributed by atoms with Crippen molar-refractivity contribution < 1.29 is 80.2 Å². The summed E-state index contributed by atoms with van der Waals surface area (Å²) in [7, 11) is -9.91. The van der Waals surface area contributed by atoms with Crippen LogP contribution >= 0.6 is 15.6 Å². The molecular formula is C76H148O17P2. The fourth-order valence-corrected chi connectivity index (χ4v) is 13.2. The van der Waals surface area contributed by atoms with Crippen molar-refractivity contribution in [3.05, 3.63) is 0 Å². The molecule has 0 rings (SSSR count). The summed E-state index contributed by atoms with van der Waals surface area (Å²) in [6.07, 6.45) is 55.6. The highest BCUT2D eigenvalue weighted by molar-refractivity contribution is 7.47. The van der Waals surface area contributed by atoms with Gasteiger partial charge in [-0.1, -0.05) is 343 Å². The molecule has 5 atom stereocenters. The average molecular weight is 1400 g/mol. The summed E-state index contributed by atoms with van der Waals surface area (Å²) in [5.74, 6) is -0.572. The number of ether oxygens (including phenoxy) is 4. The van der Waals surface area contributed by atoms with Crippen molar-refractivity contribution in [2.45, 2.75) is 413 Å². The molecule has 0 aliphatic heterocycles. The van der Waals surface area contributed by atoms with Crippen LogP contribution in [-0.2, 0) is 65.4 Å². The number of hydrogen-bond donors (Lipinski definition) is 3. The zero-order chi connectivity index (χ0) is 70.0. The minimum Gasteiger partial charge on any atom is -0.462 e. The number of aliphatic hydroxyl groups excluding tert-OH is 1. The van der Waals surface area contributed by atoms with Crippen molar-refractivity contribution in [2.24, 2.45) is 11.8 Å². The van der Waals surface area contributed by atoms with Crippen molar-refractivity contribution in [1.82, 2.24) is 0 Å². The zero-order valence-corrected chi connectivity index (χ0v) is 63.8. The lowest BCUT2D eigenvalue weighted by atomic mass is 10.0. The molecule has 0 saturated carbocycles. The Bertz CT molecular complexity index is 1840. The van der Waals surface area contributed by atoms with Gasteiger partial charge in [-0.25, -0.2) is 9.13 Å². The molecule has 0 saturated heterocycles. The molecule has 0 bridgehead atoms. The lowest BCUT2D eigenvalue weighted by molar-refractivity contribution is -0.161. The van der Waals surface area contributed by atoms with Crippen LogP contribution in [0.4, 0.5) is 0 Å². The summed E-state index contributed by atoms with van der Waals surface area (Å²) in [5, 5.41) is 10.6. The van der Waals surface area contributed by atoms with E-state index < -0.39 is 97.5 Å². The molecule has 0 aromatic heterocycles. The minimum atomic E-state index is -4.96. The zero-order valence-electron chi connectivity index (χ0n) is 62.0. The molecule has 0 aliphatic carbocycles. The van der Waals surface area contributed by atoms with Crippen LogP contribution in [0.1, 0.15) is 395 Å². The molecule has 17 nitrogen and oxygen atoms in total. The van der Waals surface area contributed by atoms with E-state index in [1.807, 2.05) is 0 Å². The second kappa shape index (κ2) is 67.9. The predicted molar refractivity (Wildman–Crippen MR) is 386 cm³/mol. The monoisotopic (exact) mass is 1400 g/mol. The largest absolute Gasteiger partial charge is 0.472 e. The van der Waals surface area contributed by atoms with E-state index in [9.17, 15) is 43.2 Å². The summed E-state index contributed by atoms with van der Waals surface area (Å²) in [4.78, 5) is 72.7. The first-order valence-corrected chi connectivity index (χ1v) is 42.5. The van der Waals surface area contributed by atoms with Gasteiger partial charge in [0.25, 0.3) is 0 Å². The normalized spacial score (nSPS) is 14.0. The first-order valence-electron chi connectivity index (χ1n) is 39.5. The molecule has 0 amide bonds. The minimum absolute atomic E-state index is 0.105. The highest BCUT2D eigenvalue weighted by Gasteiger charge is 2.30. The standard InChI is InChI=1S/C76H148O17P2/c1-7-9-11-13-15-17-18-19-20-24-27-30-35-41-47-53-59-74(79)87-65-72(92-75(80)60-54-48-42-36-31-28-25-22-21-23-26-29-33-38-44-50-56-68(3)4)67-91-95(84,85)89-63-70(77)62-88-94(82,83)90-66-71(64-86-73(78)58-52-46-40-16-14-12-10-8-2)93-76(81)61-55-49-43-37-32-34-39-45-51-57-69(5)6/h68-72,77H,7-67H2,1-6H3,(H,82,83)(H,84,85)/t70-,71+,72+/m0/s1. The second-order valence-corrected chi connectivity index (χ2v) is 31.3. The topological polar surface area (TPSA) is 237 Å². The van der Waals surface area contributed by atoms with Gasteiger partial charge >= 0.3 is 39.5 Å². The number of hydrogen-bond acceptors (Lipinski definition) is 15. The van der Waals surface area contributed by atoms with Gasteiger partial charge in [-0.2, -0.15) is 0 Å². The summed E-state index contributed by atoms with van der Waals surface area (Å²) in [5.41, 5.74) is 0. The van der Waals surface area contributed by atoms with E-state index >= 15 is 0 Å². The van der Waals surface area contributed by atoms with E-state index in [0.717, 1.165) is 108 Å². The Balaban J connectivity index is 5.20. The number of carbonyl (C=O) groups excluding carboxylic acids is 4. The summed E-state index contributed by atoms with van der Waals surface area (Å²) < 4.78 is 68.5. The van der Waals surface area contributed by atoms with E-state index in [4.69, 9.17) is 37.0 Å². The van der Waals surface area contributed by atoms with Crippen molar-refractivity contribution in [3.8, 4) is 0 Å². The van der Waals surface area contributed by atoms with E-state index in [2.05, 4.69) is 41.5 Å². The SMILES string of the molecule is CCCCCCCCCCCCCCCCCCC(=O)OC[C@H](COP(=O)(O)OC[C@@H](O)COP(=O)(O)OC[C@@H](COC(=O)CCCCCCCCCC)OC(=O)CCCCCCCCCCCC(C)C)OC(=O)CCCCCCCCCCCCCCCCCCC(C)C. The maximum atomic E-state index is 13.1. The third kappa shape index (κ3) is 70.3. The van der Waals surface area contributed by atoms with Crippen LogP contribution in [0.3, 0.4) is 0 Å². The molecule has 0 heterocycles. The third-order valence-corrected chi connectivity index (χ3v) is 19.6.